The summed E-state index contributed by atoms with van der Waals surface area (Å²) in [5, 5.41) is 2.08. The minimum atomic E-state index is -4.63. The smallest absolute Gasteiger partial charge is 0.419 e. The van der Waals surface area contributed by atoms with Crippen molar-refractivity contribution in [2.24, 2.45) is 0 Å². The molecule has 7 rings (SSSR count). The zero-order valence-corrected chi connectivity index (χ0v) is 26.1. The first-order valence-corrected chi connectivity index (χ1v) is 15.3. The van der Waals surface area contributed by atoms with E-state index in [0.717, 1.165) is 46.7 Å². The molecule has 1 unspecified atom stereocenters. The Morgan fingerprint density at radius 1 is 0.783 bits per heavy atom. The van der Waals surface area contributed by atoms with Crippen molar-refractivity contribution in [1.29, 1.82) is 0 Å². The Balaban J connectivity index is 1.43. The van der Waals surface area contributed by atoms with Crippen LogP contribution in [-0.4, -0.2) is 19.3 Å². The van der Waals surface area contributed by atoms with E-state index in [9.17, 15) is 13.2 Å². The third kappa shape index (κ3) is 5.14. The fraction of sp³-hybridized carbons (Fsp3) is 0.231. The highest BCUT2D eigenvalue weighted by Gasteiger charge is 2.42. The van der Waals surface area contributed by atoms with E-state index in [-0.39, 0.29) is 5.75 Å². The molecule has 2 aliphatic heterocycles. The van der Waals surface area contributed by atoms with E-state index in [0.29, 0.717) is 22.6 Å². The molecule has 0 aliphatic carbocycles. The van der Waals surface area contributed by atoms with Gasteiger partial charge in [0.25, 0.3) is 0 Å². The van der Waals surface area contributed by atoms with Crippen LogP contribution in [0.5, 0.6) is 17.2 Å². The standard InChI is InChI=1S/C39H34F3NO3/c1-37(2,3)45-28-16-13-26(14-17-28)38(27-15-18-35(44-4)32(23-27)39(40,41)42)21-19-31-29-10-6-7-11-30(29)34(24-36(31)46-38)43-22-20-25-9-5-8-12-33(25)43/h5-19,21,23-24H,20,22H2,1-4H3. The molecule has 5 aromatic rings. The second kappa shape index (κ2) is 10.9. The van der Waals surface area contributed by atoms with E-state index in [4.69, 9.17) is 14.2 Å². The monoisotopic (exact) mass is 621 g/mol. The lowest BCUT2D eigenvalue weighted by Gasteiger charge is -2.37. The van der Waals surface area contributed by atoms with Gasteiger partial charge in [0, 0.05) is 40.4 Å². The highest BCUT2D eigenvalue weighted by atomic mass is 19.4. The predicted octanol–water partition coefficient (Wildman–Crippen LogP) is 10.1. The average molecular weight is 622 g/mol. The SMILES string of the molecule is COc1ccc(C2(c3ccc(OC(C)(C)C)cc3)C=Cc3c(cc(N4CCc5ccccc54)c4ccccc34)O2)cc1C(F)(F)F. The first-order chi connectivity index (χ1) is 22.0. The molecular weight excluding hydrogens is 587 g/mol. The minimum Gasteiger partial charge on any atom is -0.496 e. The molecule has 0 radical (unpaired) electrons. The summed E-state index contributed by atoms with van der Waals surface area (Å²) in [6.07, 6.45) is 0.116. The molecule has 0 aromatic heterocycles. The molecule has 7 heteroatoms. The Hall–Kier alpha value is -4.91. The van der Waals surface area contributed by atoms with Gasteiger partial charge in [-0.25, -0.2) is 0 Å². The number of alkyl halides is 3. The van der Waals surface area contributed by atoms with E-state index in [1.165, 1.54) is 18.7 Å². The van der Waals surface area contributed by atoms with E-state index in [1.54, 1.807) is 6.07 Å². The number of hydrogen-bond acceptors (Lipinski definition) is 4. The first-order valence-electron chi connectivity index (χ1n) is 15.3. The van der Waals surface area contributed by atoms with Gasteiger partial charge in [0.05, 0.1) is 18.4 Å². The molecule has 2 aliphatic rings. The molecule has 0 saturated carbocycles. The van der Waals surface area contributed by atoms with Crippen LogP contribution in [0.3, 0.4) is 0 Å². The van der Waals surface area contributed by atoms with Gasteiger partial charge in [0.15, 0.2) is 5.60 Å². The summed E-state index contributed by atoms with van der Waals surface area (Å²) < 4.78 is 61.1. The number of halogens is 3. The van der Waals surface area contributed by atoms with Crippen LogP contribution < -0.4 is 19.1 Å². The molecule has 0 N–H and O–H groups in total. The highest BCUT2D eigenvalue weighted by Crippen LogP contribution is 2.50. The molecule has 0 fully saturated rings. The maximum Gasteiger partial charge on any atom is 0.419 e. The van der Waals surface area contributed by atoms with Crippen molar-refractivity contribution < 1.29 is 27.4 Å². The summed E-state index contributed by atoms with van der Waals surface area (Å²) >= 11 is 0. The van der Waals surface area contributed by atoms with Crippen molar-refractivity contribution in [2.45, 2.75) is 44.6 Å². The van der Waals surface area contributed by atoms with Crippen LogP contribution in [0.1, 0.15) is 48.6 Å². The number of ether oxygens (including phenoxy) is 3. The van der Waals surface area contributed by atoms with Crippen molar-refractivity contribution in [3.8, 4) is 17.2 Å². The molecule has 46 heavy (non-hydrogen) atoms. The summed E-state index contributed by atoms with van der Waals surface area (Å²) in [4.78, 5) is 2.30. The number of anilines is 2. The van der Waals surface area contributed by atoms with Gasteiger partial charge in [-0.2, -0.15) is 13.2 Å². The van der Waals surface area contributed by atoms with Crippen molar-refractivity contribution >= 4 is 28.2 Å². The minimum absolute atomic E-state index is 0.249. The number of hydrogen-bond donors (Lipinski definition) is 0. The van der Waals surface area contributed by atoms with Crippen molar-refractivity contribution in [1.82, 2.24) is 0 Å². The molecule has 1 atom stereocenters. The largest absolute Gasteiger partial charge is 0.496 e. The van der Waals surface area contributed by atoms with Crippen LogP contribution in [0.15, 0.2) is 103 Å². The molecule has 0 saturated heterocycles. The van der Waals surface area contributed by atoms with Crippen LogP contribution in [0, 0.1) is 0 Å². The Labute approximate surface area is 266 Å². The van der Waals surface area contributed by atoms with Crippen molar-refractivity contribution in [3.63, 3.8) is 0 Å². The molecule has 2 heterocycles. The molecule has 0 amide bonds. The predicted molar refractivity (Wildman–Crippen MR) is 176 cm³/mol. The van der Waals surface area contributed by atoms with Crippen molar-refractivity contribution in [2.75, 3.05) is 18.6 Å². The molecule has 0 spiro atoms. The van der Waals surface area contributed by atoms with E-state index < -0.39 is 22.9 Å². The molecule has 0 bridgehead atoms. The van der Waals surface area contributed by atoms with Gasteiger partial charge >= 0.3 is 6.18 Å². The number of methoxy groups -OCH3 is 1. The second-order valence-electron chi connectivity index (χ2n) is 12.7. The fourth-order valence-electron chi connectivity index (χ4n) is 6.59. The molecule has 4 nitrogen and oxygen atoms in total. The number of rotatable bonds is 5. The zero-order chi connectivity index (χ0) is 32.3. The van der Waals surface area contributed by atoms with Crippen LogP contribution in [0.4, 0.5) is 24.5 Å². The zero-order valence-electron chi connectivity index (χ0n) is 26.1. The van der Waals surface area contributed by atoms with Crippen LogP contribution >= 0.6 is 0 Å². The second-order valence-corrected chi connectivity index (χ2v) is 12.7. The topological polar surface area (TPSA) is 30.9 Å². The Morgan fingerprint density at radius 3 is 2.20 bits per heavy atom. The average Bonchev–Trinajstić information content (AvgIpc) is 3.47. The maximum absolute atomic E-state index is 14.3. The van der Waals surface area contributed by atoms with Crippen LogP contribution in [0.25, 0.3) is 16.8 Å². The van der Waals surface area contributed by atoms with E-state index >= 15 is 0 Å². The Kier molecular flexibility index (Phi) is 7.03. The van der Waals surface area contributed by atoms with Gasteiger partial charge in [0.2, 0.25) is 0 Å². The van der Waals surface area contributed by atoms with Gasteiger partial charge in [0.1, 0.15) is 22.8 Å². The van der Waals surface area contributed by atoms with Crippen LogP contribution in [0.2, 0.25) is 0 Å². The van der Waals surface area contributed by atoms with Gasteiger partial charge < -0.3 is 19.1 Å². The highest BCUT2D eigenvalue weighted by molar-refractivity contribution is 6.03. The number of benzene rings is 5. The number of para-hydroxylation sites is 1. The van der Waals surface area contributed by atoms with E-state index in [1.807, 2.05) is 81.5 Å². The van der Waals surface area contributed by atoms with Gasteiger partial charge in [-0.05, 0) is 80.6 Å². The normalized spacial score (nSPS) is 17.4. The number of nitrogens with zero attached hydrogens (tertiary/aromatic N) is 1. The molecule has 234 valence electrons. The lowest BCUT2D eigenvalue weighted by molar-refractivity contribution is -0.138. The lowest BCUT2D eigenvalue weighted by atomic mass is 9.82. The van der Waals surface area contributed by atoms with Gasteiger partial charge in [-0.1, -0.05) is 60.7 Å². The number of fused-ring (bicyclic) bond motifs is 4. The van der Waals surface area contributed by atoms with Crippen LogP contribution in [-0.2, 0) is 18.2 Å². The summed E-state index contributed by atoms with van der Waals surface area (Å²) in [6.45, 7) is 6.70. The van der Waals surface area contributed by atoms with Gasteiger partial charge in [-0.15, -0.1) is 0 Å². The third-order valence-corrected chi connectivity index (χ3v) is 8.60. The molecule has 5 aromatic carbocycles. The maximum atomic E-state index is 14.3. The quantitative estimate of drug-likeness (QED) is 0.195. The summed E-state index contributed by atoms with van der Waals surface area (Å²) in [5.74, 6) is 0.986. The fourth-order valence-corrected chi connectivity index (χ4v) is 6.59. The van der Waals surface area contributed by atoms with Gasteiger partial charge in [-0.3, -0.25) is 0 Å². The molecular formula is C39H34F3NO3. The summed E-state index contributed by atoms with van der Waals surface area (Å²) in [7, 11) is 1.24. The Bertz CT molecular complexity index is 1970. The van der Waals surface area contributed by atoms with Crippen molar-refractivity contribution in [3.05, 3.63) is 131 Å². The Morgan fingerprint density at radius 2 is 1.48 bits per heavy atom. The van der Waals surface area contributed by atoms with E-state index in [2.05, 4.69) is 35.2 Å². The lowest BCUT2D eigenvalue weighted by Crippen LogP contribution is -2.35. The summed E-state index contributed by atoms with van der Waals surface area (Å²) in [5.41, 5.74) is 2.62. The third-order valence-electron chi connectivity index (χ3n) is 8.60. The summed E-state index contributed by atoms with van der Waals surface area (Å²) in [6, 6.07) is 30.1. The first kappa shape index (κ1) is 29.8.